The van der Waals surface area contributed by atoms with Crippen LogP contribution in [0.1, 0.15) is 20.8 Å². The Bertz CT molecular complexity index is 956. The monoisotopic (exact) mass is 410 g/mol. The molecule has 3 aromatic rings. The van der Waals surface area contributed by atoms with Crippen LogP contribution in [0.5, 0.6) is 5.75 Å². The van der Waals surface area contributed by atoms with E-state index >= 15 is 0 Å². The first-order valence-electron chi connectivity index (χ1n) is 9.57. The molecule has 6 nitrogen and oxygen atoms in total. The molecule has 0 aliphatic carbocycles. The second kappa shape index (κ2) is 9.60. The van der Waals surface area contributed by atoms with Crippen molar-refractivity contribution >= 4 is 17.7 Å². The summed E-state index contributed by atoms with van der Waals surface area (Å²) in [7, 11) is 1.64. The van der Waals surface area contributed by atoms with E-state index in [0.717, 1.165) is 17.0 Å². The number of amides is 1. The van der Waals surface area contributed by atoms with Gasteiger partial charge in [-0.2, -0.15) is 0 Å². The maximum absolute atomic E-state index is 12.3. The standard InChI is InChI=1S/C22H26N4O2S/c1-15(2)16(3)23-20(27)14-29-22-25-24-21(17-9-8-12-19(13-17)28-4)26(22)18-10-6-5-7-11-18/h5-13,15-16H,14H2,1-4H3,(H,23,27). The number of nitrogens with one attached hydrogen (secondary N) is 1. The third-order valence-corrected chi connectivity index (χ3v) is 5.63. The molecule has 3 rings (SSSR count). The smallest absolute Gasteiger partial charge is 0.230 e. The number of rotatable bonds is 8. The van der Waals surface area contributed by atoms with Crippen molar-refractivity contribution in [2.45, 2.75) is 32.0 Å². The molecule has 0 saturated carbocycles. The zero-order valence-electron chi connectivity index (χ0n) is 17.1. The minimum atomic E-state index is -0.0123. The van der Waals surface area contributed by atoms with Gasteiger partial charge in [-0.05, 0) is 37.1 Å². The molecule has 0 aliphatic heterocycles. The van der Waals surface area contributed by atoms with Crippen molar-refractivity contribution < 1.29 is 9.53 Å². The predicted octanol–water partition coefficient (Wildman–Crippen LogP) is 4.20. The highest BCUT2D eigenvalue weighted by molar-refractivity contribution is 7.99. The third kappa shape index (κ3) is 5.17. The molecule has 1 aromatic heterocycles. The first kappa shape index (κ1) is 20.9. The zero-order chi connectivity index (χ0) is 20.8. The first-order valence-corrected chi connectivity index (χ1v) is 10.6. The van der Waals surface area contributed by atoms with Gasteiger partial charge >= 0.3 is 0 Å². The maximum Gasteiger partial charge on any atom is 0.230 e. The summed E-state index contributed by atoms with van der Waals surface area (Å²) in [5.41, 5.74) is 1.83. The lowest BCUT2D eigenvalue weighted by molar-refractivity contribution is -0.119. The van der Waals surface area contributed by atoms with Gasteiger partial charge in [0.2, 0.25) is 5.91 Å². The Balaban J connectivity index is 1.90. The molecule has 1 heterocycles. The lowest BCUT2D eigenvalue weighted by atomic mass is 10.1. The van der Waals surface area contributed by atoms with E-state index in [-0.39, 0.29) is 17.7 Å². The Morgan fingerprint density at radius 3 is 2.55 bits per heavy atom. The number of aromatic nitrogens is 3. The Labute approximate surface area is 175 Å². The second-order valence-electron chi connectivity index (χ2n) is 7.10. The molecule has 0 aliphatic rings. The number of ether oxygens (including phenoxy) is 1. The minimum Gasteiger partial charge on any atom is -0.497 e. The van der Waals surface area contributed by atoms with Crippen LogP contribution in [0, 0.1) is 5.92 Å². The van der Waals surface area contributed by atoms with E-state index < -0.39 is 0 Å². The summed E-state index contributed by atoms with van der Waals surface area (Å²) in [6.07, 6.45) is 0. The Kier molecular flexibility index (Phi) is 6.93. The topological polar surface area (TPSA) is 69.0 Å². The molecule has 0 radical (unpaired) electrons. The molecule has 152 valence electrons. The van der Waals surface area contributed by atoms with E-state index in [9.17, 15) is 4.79 Å². The van der Waals surface area contributed by atoms with Gasteiger partial charge in [0.15, 0.2) is 11.0 Å². The summed E-state index contributed by atoms with van der Waals surface area (Å²) in [5.74, 6) is 2.10. The SMILES string of the molecule is COc1cccc(-c2nnc(SCC(=O)NC(C)C(C)C)n2-c2ccccc2)c1. The molecule has 0 spiro atoms. The number of carbonyl (C=O) groups is 1. The van der Waals surface area contributed by atoms with E-state index in [1.807, 2.05) is 66.1 Å². The normalized spacial score (nSPS) is 12.0. The first-order chi connectivity index (χ1) is 14.0. The van der Waals surface area contributed by atoms with E-state index in [1.165, 1.54) is 11.8 Å². The number of methoxy groups -OCH3 is 1. The number of para-hydroxylation sites is 1. The lowest BCUT2D eigenvalue weighted by Gasteiger charge is -2.17. The average Bonchev–Trinajstić information content (AvgIpc) is 3.16. The molecule has 1 unspecified atom stereocenters. The van der Waals surface area contributed by atoms with Crippen molar-refractivity contribution in [1.29, 1.82) is 0 Å². The van der Waals surface area contributed by atoms with Gasteiger partial charge in [0.05, 0.1) is 12.9 Å². The number of nitrogens with zero attached hydrogens (tertiary/aromatic N) is 3. The number of benzene rings is 2. The molecule has 1 atom stereocenters. The molecule has 0 bridgehead atoms. The largest absolute Gasteiger partial charge is 0.497 e. The summed E-state index contributed by atoms with van der Waals surface area (Å²) in [4.78, 5) is 12.3. The van der Waals surface area contributed by atoms with Crippen molar-refractivity contribution in [3.8, 4) is 22.8 Å². The van der Waals surface area contributed by atoms with Gasteiger partial charge in [-0.15, -0.1) is 10.2 Å². The van der Waals surface area contributed by atoms with Gasteiger partial charge in [-0.3, -0.25) is 9.36 Å². The number of thioether (sulfide) groups is 1. The highest BCUT2D eigenvalue weighted by atomic mass is 32.2. The van der Waals surface area contributed by atoms with Gasteiger partial charge in [0.1, 0.15) is 5.75 Å². The van der Waals surface area contributed by atoms with E-state index in [0.29, 0.717) is 16.9 Å². The van der Waals surface area contributed by atoms with Crippen LogP contribution in [0.25, 0.3) is 17.1 Å². The van der Waals surface area contributed by atoms with Crippen LogP contribution in [0.4, 0.5) is 0 Å². The van der Waals surface area contributed by atoms with E-state index in [4.69, 9.17) is 4.74 Å². The van der Waals surface area contributed by atoms with Crippen molar-refractivity contribution in [2.24, 2.45) is 5.92 Å². The molecular weight excluding hydrogens is 384 g/mol. The molecular formula is C22H26N4O2S. The third-order valence-electron chi connectivity index (χ3n) is 4.70. The van der Waals surface area contributed by atoms with Gasteiger partial charge in [0.25, 0.3) is 0 Å². The number of carbonyl (C=O) groups excluding carboxylic acids is 1. The summed E-state index contributed by atoms with van der Waals surface area (Å²) in [6.45, 7) is 6.19. The predicted molar refractivity (Wildman–Crippen MR) is 117 cm³/mol. The highest BCUT2D eigenvalue weighted by Gasteiger charge is 2.18. The van der Waals surface area contributed by atoms with Crippen LogP contribution < -0.4 is 10.1 Å². The molecule has 7 heteroatoms. The van der Waals surface area contributed by atoms with Crippen LogP contribution in [0.2, 0.25) is 0 Å². The summed E-state index contributed by atoms with van der Waals surface area (Å²) in [6, 6.07) is 17.7. The molecule has 0 fully saturated rings. The minimum absolute atomic E-state index is 0.0123. The van der Waals surface area contributed by atoms with E-state index in [2.05, 4.69) is 29.4 Å². The Morgan fingerprint density at radius 2 is 1.86 bits per heavy atom. The Hall–Kier alpha value is -2.80. The fraction of sp³-hybridized carbons (Fsp3) is 0.318. The average molecular weight is 411 g/mol. The van der Waals surface area contributed by atoms with Crippen molar-refractivity contribution in [3.63, 3.8) is 0 Å². The Morgan fingerprint density at radius 1 is 1.10 bits per heavy atom. The van der Waals surface area contributed by atoms with E-state index in [1.54, 1.807) is 7.11 Å². The zero-order valence-corrected chi connectivity index (χ0v) is 17.9. The molecule has 1 amide bonds. The molecule has 1 N–H and O–H groups in total. The summed E-state index contributed by atoms with van der Waals surface area (Å²) < 4.78 is 7.32. The van der Waals surface area contributed by atoms with Gasteiger partial charge < -0.3 is 10.1 Å². The fourth-order valence-corrected chi connectivity index (χ4v) is 3.48. The maximum atomic E-state index is 12.3. The highest BCUT2D eigenvalue weighted by Crippen LogP contribution is 2.29. The lowest BCUT2D eigenvalue weighted by Crippen LogP contribution is -2.37. The summed E-state index contributed by atoms with van der Waals surface area (Å²) in [5, 5.41) is 12.5. The van der Waals surface area contributed by atoms with Crippen LogP contribution >= 0.6 is 11.8 Å². The second-order valence-corrected chi connectivity index (χ2v) is 8.04. The van der Waals surface area contributed by atoms with Crippen LogP contribution in [0.15, 0.2) is 59.8 Å². The van der Waals surface area contributed by atoms with Crippen molar-refractivity contribution in [1.82, 2.24) is 20.1 Å². The van der Waals surface area contributed by atoms with Gasteiger partial charge in [0, 0.05) is 17.3 Å². The van der Waals surface area contributed by atoms with Crippen molar-refractivity contribution in [2.75, 3.05) is 12.9 Å². The van der Waals surface area contributed by atoms with Crippen LogP contribution in [-0.2, 0) is 4.79 Å². The summed E-state index contributed by atoms with van der Waals surface area (Å²) >= 11 is 1.38. The van der Waals surface area contributed by atoms with Crippen molar-refractivity contribution in [3.05, 3.63) is 54.6 Å². The van der Waals surface area contributed by atoms with Crippen LogP contribution in [0.3, 0.4) is 0 Å². The van der Waals surface area contributed by atoms with Crippen LogP contribution in [-0.4, -0.2) is 39.6 Å². The number of hydrogen-bond acceptors (Lipinski definition) is 5. The van der Waals surface area contributed by atoms with Gasteiger partial charge in [-0.25, -0.2) is 0 Å². The quantitative estimate of drug-likeness (QED) is 0.564. The molecule has 2 aromatic carbocycles. The fourth-order valence-electron chi connectivity index (χ4n) is 2.71. The molecule has 29 heavy (non-hydrogen) atoms. The molecule has 0 saturated heterocycles. The van der Waals surface area contributed by atoms with Gasteiger partial charge in [-0.1, -0.05) is 55.9 Å². The number of hydrogen-bond donors (Lipinski definition) is 1.